The van der Waals surface area contributed by atoms with E-state index in [0.717, 1.165) is 33.5 Å². The maximum atomic E-state index is 5.93. The van der Waals surface area contributed by atoms with Crippen molar-refractivity contribution in [2.45, 2.75) is 20.3 Å². The summed E-state index contributed by atoms with van der Waals surface area (Å²) in [5.41, 5.74) is 9.11. The molecule has 19 heavy (non-hydrogen) atoms. The fourth-order valence-electron chi connectivity index (χ4n) is 1.96. The summed E-state index contributed by atoms with van der Waals surface area (Å²) in [7, 11) is 0. The topological polar surface area (TPSA) is 35.2 Å². The van der Waals surface area contributed by atoms with Crippen LogP contribution in [0, 0.1) is 13.8 Å². The number of ether oxygens (including phenoxy) is 1. The van der Waals surface area contributed by atoms with Gasteiger partial charge in [0.05, 0.1) is 0 Å². The second-order valence-corrected chi connectivity index (χ2v) is 5.51. The Kier molecular flexibility index (Phi) is 4.61. The Morgan fingerprint density at radius 1 is 1.05 bits per heavy atom. The summed E-state index contributed by atoms with van der Waals surface area (Å²) in [6.45, 7) is 4.78. The molecule has 0 saturated heterocycles. The average Bonchev–Trinajstić information content (AvgIpc) is 2.37. The van der Waals surface area contributed by atoms with Crippen molar-refractivity contribution in [2.24, 2.45) is 5.73 Å². The van der Waals surface area contributed by atoms with E-state index in [1.165, 1.54) is 5.56 Å². The molecule has 0 aliphatic rings. The molecule has 2 N–H and O–H groups in total. The van der Waals surface area contributed by atoms with Crippen molar-refractivity contribution in [2.75, 3.05) is 6.54 Å². The van der Waals surface area contributed by atoms with Crippen LogP contribution in [-0.2, 0) is 6.42 Å². The number of halogens is 1. The number of aryl methyl sites for hydroxylation is 2. The van der Waals surface area contributed by atoms with Gasteiger partial charge in [0.2, 0.25) is 0 Å². The summed E-state index contributed by atoms with van der Waals surface area (Å²) < 4.78 is 7.02. The van der Waals surface area contributed by atoms with Crippen LogP contribution >= 0.6 is 15.9 Å². The molecule has 0 aromatic heterocycles. The molecule has 2 aromatic carbocycles. The molecule has 0 unspecified atom stereocenters. The molecule has 0 aliphatic heterocycles. The van der Waals surface area contributed by atoms with Gasteiger partial charge in [-0.15, -0.1) is 0 Å². The molecule has 0 amide bonds. The Labute approximate surface area is 122 Å². The lowest BCUT2D eigenvalue weighted by molar-refractivity contribution is 0.478. The highest BCUT2D eigenvalue weighted by Crippen LogP contribution is 2.28. The van der Waals surface area contributed by atoms with E-state index in [-0.39, 0.29) is 0 Å². The summed E-state index contributed by atoms with van der Waals surface area (Å²) >= 11 is 3.49. The summed E-state index contributed by atoms with van der Waals surface area (Å²) in [4.78, 5) is 0. The normalized spacial score (nSPS) is 10.5. The second kappa shape index (κ2) is 6.22. The number of benzene rings is 2. The maximum absolute atomic E-state index is 5.93. The lowest BCUT2D eigenvalue weighted by Gasteiger charge is -2.11. The van der Waals surface area contributed by atoms with E-state index in [0.29, 0.717) is 6.54 Å². The third-order valence-corrected chi connectivity index (χ3v) is 3.92. The van der Waals surface area contributed by atoms with Crippen LogP contribution in [0.15, 0.2) is 40.9 Å². The monoisotopic (exact) mass is 319 g/mol. The van der Waals surface area contributed by atoms with Gasteiger partial charge in [-0.2, -0.15) is 0 Å². The zero-order chi connectivity index (χ0) is 13.8. The van der Waals surface area contributed by atoms with E-state index in [4.69, 9.17) is 10.5 Å². The summed E-state index contributed by atoms with van der Waals surface area (Å²) in [5, 5.41) is 0. The molecule has 0 aliphatic carbocycles. The Balaban J connectivity index is 2.20. The molecule has 0 spiro atoms. The first-order valence-electron chi connectivity index (χ1n) is 6.34. The zero-order valence-corrected chi connectivity index (χ0v) is 12.8. The number of hydrogen-bond acceptors (Lipinski definition) is 2. The predicted molar refractivity (Wildman–Crippen MR) is 82.9 cm³/mol. The van der Waals surface area contributed by atoms with Gasteiger partial charge in [-0.3, -0.25) is 0 Å². The molecular weight excluding hydrogens is 302 g/mol. The second-order valence-electron chi connectivity index (χ2n) is 4.65. The Bertz CT molecular complexity index is 581. The van der Waals surface area contributed by atoms with Crippen LogP contribution in [-0.4, -0.2) is 6.54 Å². The molecule has 0 radical (unpaired) electrons. The SMILES string of the molecule is Cc1cc(Oc2ccc(CCN)cc2C)ccc1Br. The van der Waals surface area contributed by atoms with E-state index in [2.05, 4.69) is 35.0 Å². The number of nitrogens with two attached hydrogens (primary N) is 1. The Morgan fingerprint density at radius 3 is 2.47 bits per heavy atom. The largest absolute Gasteiger partial charge is 0.457 e. The van der Waals surface area contributed by atoms with Gasteiger partial charge in [-0.1, -0.05) is 28.1 Å². The summed E-state index contributed by atoms with van der Waals surface area (Å²) in [6.07, 6.45) is 0.901. The molecule has 100 valence electrons. The fourth-order valence-corrected chi connectivity index (χ4v) is 2.20. The molecular formula is C16H18BrNO. The first-order chi connectivity index (χ1) is 9.10. The van der Waals surface area contributed by atoms with Crippen molar-refractivity contribution in [3.05, 3.63) is 57.6 Å². The van der Waals surface area contributed by atoms with E-state index < -0.39 is 0 Å². The molecule has 0 saturated carbocycles. The first-order valence-corrected chi connectivity index (χ1v) is 7.13. The van der Waals surface area contributed by atoms with Crippen LogP contribution < -0.4 is 10.5 Å². The lowest BCUT2D eigenvalue weighted by Crippen LogP contribution is -2.02. The molecule has 0 fully saturated rings. The van der Waals surface area contributed by atoms with Crippen LogP contribution in [0.3, 0.4) is 0 Å². The molecule has 2 aromatic rings. The number of hydrogen-bond donors (Lipinski definition) is 1. The van der Waals surface area contributed by atoms with E-state index in [1.54, 1.807) is 0 Å². The van der Waals surface area contributed by atoms with Crippen molar-refractivity contribution in [3.63, 3.8) is 0 Å². The summed E-state index contributed by atoms with van der Waals surface area (Å²) in [6, 6.07) is 12.2. The van der Waals surface area contributed by atoms with Gasteiger partial charge in [-0.05, 0) is 67.8 Å². The van der Waals surface area contributed by atoms with Crippen molar-refractivity contribution in [3.8, 4) is 11.5 Å². The van der Waals surface area contributed by atoms with Crippen LogP contribution in [0.25, 0.3) is 0 Å². The van der Waals surface area contributed by atoms with Crippen LogP contribution in [0.2, 0.25) is 0 Å². The minimum atomic E-state index is 0.672. The molecule has 0 bridgehead atoms. The summed E-state index contributed by atoms with van der Waals surface area (Å²) in [5.74, 6) is 1.75. The highest BCUT2D eigenvalue weighted by Gasteiger charge is 2.04. The third-order valence-electron chi connectivity index (χ3n) is 3.03. The molecule has 2 nitrogen and oxygen atoms in total. The molecule has 2 rings (SSSR count). The van der Waals surface area contributed by atoms with Gasteiger partial charge >= 0.3 is 0 Å². The van der Waals surface area contributed by atoms with E-state index in [9.17, 15) is 0 Å². The van der Waals surface area contributed by atoms with E-state index in [1.807, 2.05) is 31.2 Å². The van der Waals surface area contributed by atoms with Crippen LogP contribution in [0.1, 0.15) is 16.7 Å². The standard InChI is InChI=1S/C16H18BrNO/c1-11-10-14(4-5-15(11)17)19-16-6-3-13(7-8-18)9-12(16)2/h3-6,9-10H,7-8,18H2,1-2H3. The van der Waals surface area contributed by atoms with Crippen LogP contribution in [0.5, 0.6) is 11.5 Å². The molecule has 0 atom stereocenters. The highest BCUT2D eigenvalue weighted by atomic mass is 79.9. The average molecular weight is 320 g/mol. The van der Waals surface area contributed by atoms with Gasteiger partial charge in [0.1, 0.15) is 11.5 Å². The van der Waals surface area contributed by atoms with Crippen molar-refractivity contribution < 1.29 is 4.74 Å². The Hall–Kier alpha value is -1.32. The van der Waals surface area contributed by atoms with Gasteiger partial charge in [-0.25, -0.2) is 0 Å². The minimum Gasteiger partial charge on any atom is -0.457 e. The van der Waals surface area contributed by atoms with Crippen molar-refractivity contribution >= 4 is 15.9 Å². The minimum absolute atomic E-state index is 0.672. The highest BCUT2D eigenvalue weighted by molar-refractivity contribution is 9.10. The van der Waals surface area contributed by atoms with Crippen LogP contribution in [0.4, 0.5) is 0 Å². The van der Waals surface area contributed by atoms with E-state index >= 15 is 0 Å². The molecule has 0 heterocycles. The van der Waals surface area contributed by atoms with Crippen molar-refractivity contribution in [1.29, 1.82) is 0 Å². The fraction of sp³-hybridized carbons (Fsp3) is 0.250. The van der Waals surface area contributed by atoms with Crippen molar-refractivity contribution in [1.82, 2.24) is 0 Å². The lowest BCUT2D eigenvalue weighted by atomic mass is 10.1. The predicted octanol–water partition coefficient (Wildman–Crippen LogP) is 4.36. The molecule has 3 heteroatoms. The third kappa shape index (κ3) is 3.58. The van der Waals surface area contributed by atoms with Gasteiger partial charge in [0, 0.05) is 4.47 Å². The van der Waals surface area contributed by atoms with Gasteiger partial charge < -0.3 is 10.5 Å². The van der Waals surface area contributed by atoms with Gasteiger partial charge in [0.25, 0.3) is 0 Å². The Morgan fingerprint density at radius 2 is 1.84 bits per heavy atom. The quantitative estimate of drug-likeness (QED) is 0.908. The van der Waals surface area contributed by atoms with Gasteiger partial charge in [0.15, 0.2) is 0 Å². The smallest absolute Gasteiger partial charge is 0.130 e. The first kappa shape index (κ1) is 14.1. The maximum Gasteiger partial charge on any atom is 0.130 e. The number of rotatable bonds is 4. The zero-order valence-electron chi connectivity index (χ0n) is 11.2.